The van der Waals surface area contributed by atoms with Gasteiger partial charge in [-0.2, -0.15) is 0 Å². The number of hydrogen-bond donors (Lipinski definition) is 0. The summed E-state index contributed by atoms with van der Waals surface area (Å²) in [7, 11) is 0. The lowest BCUT2D eigenvalue weighted by Gasteiger charge is -2.36. The van der Waals surface area contributed by atoms with Crippen LogP contribution in [0.4, 0.5) is 5.82 Å². The van der Waals surface area contributed by atoms with Crippen molar-refractivity contribution in [1.82, 2.24) is 14.9 Å². The number of aromatic nitrogens is 2. The number of carbonyl (C=O) groups excluding carboxylic acids is 1. The fourth-order valence-corrected chi connectivity index (χ4v) is 5.65. The van der Waals surface area contributed by atoms with E-state index in [1.807, 2.05) is 35.2 Å². The summed E-state index contributed by atoms with van der Waals surface area (Å²) in [5.41, 5.74) is 2.05. The van der Waals surface area contributed by atoms with Gasteiger partial charge in [-0.15, -0.1) is 11.3 Å². The number of carbonyl (C=O) groups is 1. The minimum Gasteiger partial charge on any atom is -0.352 e. The third kappa shape index (κ3) is 3.34. The van der Waals surface area contributed by atoms with Crippen LogP contribution in [0.25, 0.3) is 21.0 Å². The summed E-state index contributed by atoms with van der Waals surface area (Å²) in [5, 5.41) is 3.47. The minimum atomic E-state index is 0.115. The topological polar surface area (TPSA) is 49.3 Å². The van der Waals surface area contributed by atoms with Crippen LogP contribution in [0, 0.1) is 13.8 Å². The van der Waals surface area contributed by atoms with Crippen LogP contribution in [-0.4, -0.2) is 47.0 Å². The summed E-state index contributed by atoms with van der Waals surface area (Å²) in [6.07, 6.45) is 2.39. The number of benzene rings is 2. The zero-order valence-corrected chi connectivity index (χ0v) is 19.3. The Morgan fingerprint density at radius 1 is 0.969 bits per heavy atom. The molecule has 0 bridgehead atoms. The maximum Gasteiger partial charge on any atom is 0.253 e. The molecule has 3 heterocycles. The molecule has 0 N–H and O–H groups in total. The van der Waals surface area contributed by atoms with Gasteiger partial charge in [-0.05, 0) is 55.2 Å². The summed E-state index contributed by atoms with van der Waals surface area (Å²) in [5.74, 6) is 2.71. The maximum atomic E-state index is 13.2. The highest BCUT2D eigenvalue weighted by atomic mass is 32.1. The Balaban J connectivity index is 1.25. The van der Waals surface area contributed by atoms with Crippen LogP contribution in [-0.2, 0) is 0 Å². The van der Waals surface area contributed by atoms with Gasteiger partial charge in [0.15, 0.2) is 0 Å². The lowest BCUT2D eigenvalue weighted by molar-refractivity contribution is 0.0747. The van der Waals surface area contributed by atoms with Gasteiger partial charge in [0, 0.05) is 42.5 Å². The normalized spacial score (nSPS) is 16.8. The molecule has 2 aromatic heterocycles. The third-order valence-corrected chi connectivity index (χ3v) is 7.93. The summed E-state index contributed by atoms with van der Waals surface area (Å²) in [6, 6.07) is 14.2. The summed E-state index contributed by atoms with van der Waals surface area (Å²) in [6.45, 7) is 7.35. The second-order valence-corrected chi connectivity index (χ2v) is 10.2. The van der Waals surface area contributed by atoms with Crippen LogP contribution < -0.4 is 4.90 Å². The molecule has 1 aliphatic heterocycles. The SMILES string of the molecule is Cc1sc2nc(C3CC3)nc(N3CCN(C(=O)c4ccc5ccccc5c4)CC3)c2c1C. The standard InChI is InChI=1S/C26H26N4OS/c1-16-17(2)32-25-22(16)24(27-23(28-25)19-8-9-19)29-11-13-30(14-12-29)26(31)21-10-7-18-5-3-4-6-20(18)15-21/h3-7,10,15,19H,8-9,11-14H2,1-2H3. The monoisotopic (exact) mass is 442 g/mol. The molecule has 6 rings (SSSR count). The van der Waals surface area contributed by atoms with Gasteiger partial charge in [-0.1, -0.05) is 30.3 Å². The lowest BCUT2D eigenvalue weighted by atomic mass is 10.1. The van der Waals surface area contributed by atoms with Gasteiger partial charge in [-0.3, -0.25) is 4.79 Å². The Morgan fingerprint density at radius 3 is 2.47 bits per heavy atom. The Kier molecular flexibility index (Phi) is 4.65. The van der Waals surface area contributed by atoms with E-state index in [1.165, 1.54) is 28.7 Å². The van der Waals surface area contributed by atoms with E-state index >= 15 is 0 Å². The molecule has 32 heavy (non-hydrogen) atoms. The minimum absolute atomic E-state index is 0.115. The molecule has 6 heteroatoms. The van der Waals surface area contributed by atoms with E-state index in [0.29, 0.717) is 19.0 Å². The van der Waals surface area contributed by atoms with Crippen LogP contribution in [0.1, 0.15) is 45.4 Å². The number of aryl methyl sites for hydroxylation is 2. The molecule has 1 saturated heterocycles. The first-order chi connectivity index (χ1) is 15.6. The van der Waals surface area contributed by atoms with Crippen molar-refractivity contribution < 1.29 is 4.79 Å². The van der Waals surface area contributed by atoms with Crippen molar-refractivity contribution in [3.63, 3.8) is 0 Å². The Hall–Kier alpha value is -2.99. The molecular weight excluding hydrogens is 416 g/mol. The van der Waals surface area contributed by atoms with Crippen molar-refractivity contribution in [2.24, 2.45) is 0 Å². The second-order valence-electron chi connectivity index (χ2n) is 8.98. The van der Waals surface area contributed by atoms with E-state index < -0.39 is 0 Å². The second kappa shape index (κ2) is 7.55. The van der Waals surface area contributed by atoms with E-state index in [9.17, 15) is 4.79 Å². The average molecular weight is 443 g/mol. The molecule has 1 aliphatic carbocycles. The lowest BCUT2D eigenvalue weighted by Crippen LogP contribution is -2.49. The average Bonchev–Trinajstić information content (AvgIpc) is 3.64. The molecule has 1 amide bonds. The molecular formula is C26H26N4OS. The van der Waals surface area contributed by atoms with Crippen LogP contribution in [0.3, 0.4) is 0 Å². The molecule has 5 nitrogen and oxygen atoms in total. The first-order valence-corrected chi connectivity index (χ1v) is 12.2. The van der Waals surface area contributed by atoms with Gasteiger partial charge in [0.25, 0.3) is 5.91 Å². The molecule has 0 unspecified atom stereocenters. The molecule has 1 saturated carbocycles. The molecule has 0 atom stereocenters. The van der Waals surface area contributed by atoms with E-state index in [1.54, 1.807) is 11.3 Å². The number of amides is 1. The van der Waals surface area contributed by atoms with Crippen molar-refractivity contribution in [2.45, 2.75) is 32.6 Å². The number of piperazine rings is 1. The zero-order valence-electron chi connectivity index (χ0n) is 18.5. The fraction of sp³-hybridized carbons (Fsp3) is 0.346. The van der Waals surface area contributed by atoms with E-state index in [-0.39, 0.29) is 5.91 Å². The third-order valence-electron chi connectivity index (χ3n) is 6.83. The van der Waals surface area contributed by atoms with Crippen molar-refractivity contribution in [3.05, 3.63) is 64.3 Å². The van der Waals surface area contributed by atoms with Crippen LogP contribution in [0.2, 0.25) is 0 Å². The van der Waals surface area contributed by atoms with Crippen molar-refractivity contribution in [1.29, 1.82) is 0 Å². The number of rotatable bonds is 3. The van der Waals surface area contributed by atoms with Crippen LogP contribution >= 0.6 is 11.3 Å². The number of hydrogen-bond acceptors (Lipinski definition) is 5. The first kappa shape index (κ1) is 19.7. The van der Waals surface area contributed by atoms with Gasteiger partial charge >= 0.3 is 0 Å². The van der Waals surface area contributed by atoms with Gasteiger partial charge in [0.05, 0.1) is 5.39 Å². The number of anilines is 1. The zero-order chi connectivity index (χ0) is 21.8. The first-order valence-electron chi connectivity index (χ1n) is 11.4. The Morgan fingerprint density at radius 2 is 1.72 bits per heavy atom. The predicted molar refractivity (Wildman–Crippen MR) is 131 cm³/mol. The van der Waals surface area contributed by atoms with Gasteiger partial charge in [0.1, 0.15) is 16.5 Å². The largest absolute Gasteiger partial charge is 0.352 e. The van der Waals surface area contributed by atoms with Gasteiger partial charge in [-0.25, -0.2) is 9.97 Å². The number of fused-ring (bicyclic) bond motifs is 2. The molecule has 2 fully saturated rings. The smallest absolute Gasteiger partial charge is 0.253 e. The van der Waals surface area contributed by atoms with Gasteiger partial charge < -0.3 is 9.80 Å². The predicted octanol–water partition coefficient (Wildman–Crippen LogP) is 5.30. The highest BCUT2D eigenvalue weighted by molar-refractivity contribution is 7.18. The van der Waals surface area contributed by atoms with Crippen molar-refractivity contribution in [3.8, 4) is 0 Å². The molecule has 0 radical (unpaired) electrons. The molecule has 0 spiro atoms. The fourth-order valence-electron chi connectivity index (χ4n) is 4.62. The number of nitrogens with zero attached hydrogens (tertiary/aromatic N) is 4. The van der Waals surface area contributed by atoms with Crippen LogP contribution in [0.5, 0.6) is 0 Å². The highest BCUT2D eigenvalue weighted by Gasteiger charge is 2.31. The highest BCUT2D eigenvalue weighted by Crippen LogP contribution is 2.42. The van der Waals surface area contributed by atoms with Crippen molar-refractivity contribution in [2.75, 3.05) is 31.1 Å². The Labute approximate surface area is 191 Å². The molecule has 2 aromatic carbocycles. The molecule has 162 valence electrons. The summed E-state index contributed by atoms with van der Waals surface area (Å²) >= 11 is 1.78. The van der Waals surface area contributed by atoms with E-state index in [4.69, 9.17) is 9.97 Å². The quantitative estimate of drug-likeness (QED) is 0.432. The van der Waals surface area contributed by atoms with E-state index in [0.717, 1.165) is 45.9 Å². The molecule has 4 aromatic rings. The van der Waals surface area contributed by atoms with Crippen LogP contribution in [0.15, 0.2) is 42.5 Å². The maximum absolute atomic E-state index is 13.2. The molecule has 2 aliphatic rings. The van der Waals surface area contributed by atoms with Gasteiger partial charge in [0.2, 0.25) is 0 Å². The summed E-state index contributed by atoms with van der Waals surface area (Å²) < 4.78 is 0. The Bertz CT molecular complexity index is 1350. The van der Waals surface area contributed by atoms with Crippen molar-refractivity contribution >= 4 is 44.1 Å². The van der Waals surface area contributed by atoms with E-state index in [2.05, 4.69) is 30.9 Å². The summed E-state index contributed by atoms with van der Waals surface area (Å²) in [4.78, 5) is 29.9. The number of thiophene rings is 1.